The van der Waals surface area contributed by atoms with Gasteiger partial charge in [-0.25, -0.2) is 4.39 Å². The molecule has 1 saturated carbocycles. The molecule has 1 aliphatic carbocycles. The predicted octanol–water partition coefficient (Wildman–Crippen LogP) is 5.15. The maximum atomic E-state index is 14.2. The molecule has 4 rings (SSSR count). The fraction of sp³-hybridized carbons (Fsp3) is 0.321. The van der Waals surface area contributed by atoms with Crippen LogP contribution in [0.5, 0.6) is 11.5 Å². The number of benzene rings is 2. The molecule has 2 N–H and O–H groups in total. The molecule has 1 heterocycles. The van der Waals surface area contributed by atoms with Gasteiger partial charge in [0.25, 0.3) is 5.91 Å². The lowest BCUT2D eigenvalue weighted by Gasteiger charge is -2.22. The summed E-state index contributed by atoms with van der Waals surface area (Å²) >= 11 is 0. The van der Waals surface area contributed by atoms with Crippen LogP contribution >= 0.6 is 0 Å². The van der Waals surface area contributed by atoms with Crippen molar-refractivity contribution in [2.24, 2.45) is 0 Å². The van der Waals surface area contributed by atoms with Crippen LogP contribution in [0.25, 0.3) is 11.3 Å². The summed E-state index contributed by atoms with van der Waals surface area (Å²) in [6.07, 6.45) is -2.81. The van der Waals surface area contributed by atoms with E-state index in [4.69, 9.17) is 9.47 Å². The molecule has 0 radical (unpaired) electrons. The average Bonchev–Trinajstić information content (AvgIpc) is 3.71. The van der Waals surface area contributed by atoms with Crippen molar-refractivity contribution in [2.45, 2.75) is 44.5 Å². The van der Waals surface area contributed by atoms with Gasteiger partial charge in [0.15, 0.2) is 11.5 Å². The third-order valence-electron chi connectivity index (χ3n) is 6.05. The Morgan fingerprint density at radius 2 is 1.74 bits per heavy atom. The second-order valence-corrected chi connectivity index (χ2v) is 9.19. The van der Waals surface area contributed by atoms with E-state index >= 15 is 0 Å². The molecule has 0 saturated heterocycles. The summed E-state index contributed by atoms with van der Waals surface area (Å²) in [5, 5.41) is 4.91. The van der Waals surface area contributed by atoms with E-state index in [-0.39, 0.29) is 35.5 Å². The van der Waals surface area contributed by atoms with Crippen LogP contribution < -0.4 is 20.1 Å². The molecule has 2 amide bonds. The Kier molecular flexibility index (Phi) is 8.37. The molecule has 206 valence electrons. The molecule has 3 aromatic rings. The van der Waals surface area contributed by atoms with Crippen molar-refractivity contribution in [3.8, 4) is 22.8 Å². The molecule has 0 bridgehead atoms. The lowest BCUT2D eigenvalue weighted by Crippen LogP contribution is -2.35. The Hall–Kier alpha value is -4.15. The zero-order chi connectivity index (χ0) is 28.2. The van der Waals surface area contributed by atoms with Gasteiger partial charge in [0.2, 0.25) is 5.91 Å². The first-order valence-electron chi connectivity index (χ1n) is 12.2. The van der Waals surface area contributed by atoms with Gasteiger partial charge >= 0.3 is 6.18 Å². The smallest absolute Gasteiger partial charge is 0.398 e. The van der Waals surface area contributed by atoms with Crippen molar-refractivity contribution >= 4 is 11.8 Å². The first-order chi connectivity index (χ1) is 18.5. The van der Waals surface area contributed by atoms with E-state index in [2.05, 4.69) is 15.6 Å². The van der Waals surface area contributed by atoms with E-state index in [0.717, 1.165) is 12.8 Å². The van der Waals surface area contributed by atoms with Crippen LogP contribution in [0.1, 0.15) is 47.3 Å². The van der Waals surface area contributed by atoms with Gasteiger partial charge in [-0.3, -0.25) is 14.6 Å². The van der Waals surface area contributed by atoms with Gasteiger partial charge in [0.1, 0.15) is 11.7 Å². The van der Waals surface area contributed by atoms with E-state index < -0.39 is 30.4 Å². The third kappa shape index (κ3) is 7.46. The second-order valence-electron chi connectivity index (χ2n) is 9.19. The number of alkyl halides is 3. The molecular weight excluding hydrogens is 518 g/mol. The van der Waals surface area contributed by atoms with Crippen molar-refractivity contribution in [1.29, 1.82) is 0 Å². The van der Waals surface area contributed by atoms with E-state index in [9.17, 15) is 27.2 Å². The number of ether oxygens (including phenoxy) is 2. The van der Waals surface area contributed by atoms with Crippen LogP contribution in [0.3, 0.4) is 0 Å². The number of carbonyl (C=O) groups excluding carboxylic acids is 2. The van der Waals surface area contributed by atoms with Crippen LogP contribution in [0.4, 0.5) is 17.6 Å². The molecule has 0 aliphatic heterocycles. The molecule has 1 fully saturated rings. The summed E-state index contributed by atoms with van der Waals surface area (Å²) in [6.45, 7) is 0.464. The fourth-order valence-electron chi connectivity index (χ4n) is 3.84. The fourth-order valence-corrected chi connectivity index (χ4v) is 3.84. The minimum atomic E-state index is -4.76. The van der Waals surface area contributed by atoms with E-state index in [1.54, 1.807) is 6.07 Å². The molecule has 11 heteroatoms. The summed E-state index contributed by atoms with van der Waals surface area (Å²) in [7, 11) is 1.41. The van der Waals surface area contributed by atoms with Gasteiger partial charge in [0.05, 0.1) is 24.6 Å². The zero-order valence-electron chi connectivity index (χ0n) is 21.3. The third-order valence-corrected chi connectivity index (χ3v) is 6.05. The summed E-state index contributed by atoms with van der Waals surface area (Å²) in [5.41, 5.74) is 0.689. The molecule has 1 atom stereocenters. The minimum absolute atomic E-state index is 0.0367. The molecule has 1 aromatic heterocycles. The van der Waals surface area contributed by atoms with Gasteiger partial charge in [-0.05, 0) is 73.0 Å². The highest BCUT2D eigenvalue weighted by molar-refractivity contribution is 5.95. The van der Waals surface area contributed by atoms with Crippen LogP contribution in [0.15, 0.2) is 54.6 Å². The molecule has 1 aliphatic rings. The Morgan fingerprint density at radius 3 is 2.36 bits per heavy atom. The van der Waals surface area contributed by atoms with E-state index in [0.29, 0.717) is 22.6 Å². The number of nitrogens with one attached hydrogen (secondary N) is 2. The second kappa shape index (κ2) is 11.7. The highest BCUT2D eigenvalue weighted by Gasteiger charge is 2.42. The van der Waals surface area contributed by atoms with Crippen LogP contribution in [0.2, 0.25) is 0 Å². The number of rotatable bonds is 10. The highest BCUT2D eigenvalue weighted by atomic mass is 19.4. The van der Waals surface area contributed by atoms with Gasteiger partial charge in [-0.2, -0.15) is 13.2 Å². The van der Waals surface area contributed by atoms with Crippen molar-refractivity contribution in [2.75, 3.05) is 13.7 Å². The number of methoxy groups -OCH3 is 1. The highest BCUT2D eigenvalue weighted by Crippen LogP contribution is 2.36. The van der Waals surface area contributed by atoms with Crippen LogP contribution in [-0.2, 0) is 11.3 Å². The Morgan fingerprint density at radius 1 is 1.03 bits per heavy atom. The normalized spacial score (nSPS) is 13.9. The Balaban J connectivity index is 1.59. The van der Waals surface area contributed by atoms with Crippen molar-refractivity contribution < 1.29 is 36.6 Å². The first-order valence-corrected chi connectivity index (χ1v) is 12.2. The van der Waals surface area contributed by atoms with Gasteiger partial charge < -0.3 is 20.1 Å². The van der Waals surface area contributed by atoms with Gasteiger partial charge in [0, 0.05) is 31.1 Å². The summed E-state index contributed by atoms with van der Waals surface area (Å²) < 4.78 is 67.2. The van der Waals surface area contributed by atoms with Gasteiger partial charge in [-0.15, -0.1) is 0 Å². The Labute approximate surface area is 222 Å². The number of nitrogens with zero attached hydrogens (tertiary/aromatic N) is 1. The van der Waals surface area contributed by atoms with Crippen LogP contribution in [0, 0.1) is 5.82 Å². The van der Waals surface area contributed by atoms with Crippen molar-refractivity contribution in [3.05, 3.63) is 77.2 Å². The largest absolute Gasteiger partial charge is 0.493 e. The van der Waals surface area contributed by atoms with Crippen molar-refractivity contribution in [3.63, 3.8) is 0 Å². The molecule has 1 unspecified atom stereocenters. The number of halogens is 4. The first kappa shape index (κ1) is 27.9. The molecule has 7 nitrogen and oxygen atoms in total. The number of amides is 2. The quantitative estimate of drug-likeness (QED) is 0.344. The predicted molar refractivity (Wildman–Crippen MR) is 135 cm³/mol. The molecule has 2 aromatic carbocycles. The topological polar surface area (TPSA) is 89.6 Å². The van der Waals surface area contributed by atoms with E-state index in [1.807, 2.05) is 0 Å². The maximum Gasteiger partial charge on any atom is 0.398 e. The maximum absolute atomic E-state index is 14.2. The van der Waals surface area contributed by atoms with E-state index in [1.165, 1.54) is 62.6 Å². The zero-order valence-corrected chi connectivity index (χ0v) is 21.3. The molecular formula is C28H27F4N3O4. The summed E-state index contributed by atoms with van der Waals surface area (Å²) in [4.78, 5) is 28.4. The number of hydrogen-bond donors (Lipinski definition) is 2. The number of pyridine rings is 1. The monoisotopic (exact) mass is 545 g/mol. The lowest BCUT2D eigenvalue weighted by molar-refractivity contribution is -0.149. The molecule has 39 heavy (non-hydrogen) atoms. The number of carbonyl (C=O) groups is 2. The lowest BCUT2D eigenvalue weighted by atomic mass is 9.99. The minimum Gasteiger partial charge on any atom is -0.493 e. The number of hydrogen-bond acceptors (Lipinski definition) is 5. The Bertz CT molecular complexity index is 1340. The standard InChI is InChI=1S/C28H27F4N3O4/c1-16(36)33-14-17-11-23(18-3-6-20(29)7-4-18)35-24(12-17)22(28(30,31)32)15-34-27(37)19-5-10-25(26(13-19)38-2)39-21-8-9-21/h3-7,10-13,21-22H,8-9,14-15H2,1-2H3,(H,33,36)(H,34,37). The van der Waals surface area contributed by atoms with Crippen molar-refractivity contribution in [1.82, 2.24) is 15.6 Å². The summed E-state index contributed by atoms with van der Waals surface area (Å²) in [6, 6.07) is 12.3. The number of aromatic nitrogens is 1. The molecule has 0 spiro atoms. The summed E-state index contributed by atoms with van der Waals surface area (Å²) in [5.74, 6) is -2.99. The van der Waals surface area contributed by atoms with Gasteiger partial charge in [-0.1, -0.05) is 0 Å². The average molecular weight is 546 g/mol. The van der Waals surface area contributed by atoms with Crippen LogP contribution in [-0.4, -0.2) is 42.7 Å². The SMILES string of the molecule is COc1cc(C(=O)NCC(c2cc(CNC(C)=O)cc(-c3ccc(F)cc3)n2)C(F)(F)F)ccc1OC1CC1.